The van der Waals surface area contributed by atoms with Crippen LogP contribution in [-0.2, 0) is 14.6 Å². The number of carbonyl (C=O) groups excluding carboxylic acids is 1. The molecular weight excluding hydrogens is 326 g/mol. The first-order valence-electron chi connectivity index (χ1n) is 7.55. The molecule has 0 atom stereocenters. The molecule has 1 fully saturated rings. The van der Waals surface area contributed by atoms with Crippen LogP contribution in [0.1, 0.15) is 32.1 Å². The highest BCUT2D eigenvalue weighted by atomic mass is 32.2. The minimum atomic E-state index is -4.71. The predicted octanol–water partition coefficient (Wildman–Crippen LogP) is 2.54. The van der Waals surface area contributed by atoms with E-state index in [1.54, 1.807) is 0 Å². The number of amides is 1. The van der Waals surface area contributed by atoms with Gasteiger partial charge in [-0.2, -0.15) is 8.78 Å². The fourth-order valence-electron chi connectivity index (χ4n) is 2.66. The minimum absolute atomic E-state index is 0.00611. The maximum Gasteiger partial charge on any atom is 0.341 e. The summed E-state index contributed by atoms with van der Waals surface area (Å²) in [6, 6.07) is 5.48. The molecule has 1 aliphatic rings. The van der Waals surface area contributed by atoms with E-state index in [0.29, 0.717) is 0 Å². The molecule has 5 nitrogen and oxygen atoms in total. The summed E-state index contributed by atoms with van der Waals surface area (Å²) < 4.78 is 48.6. The Balaban J connectivity index is 1.99. The normalized spacial score (nSPS) is 16.3. The van der Waals surface area contributed by atoms with E-state index in [0.717, 1.165) is 31.7 Å². The van der Waals surface area contributed by atoms with Gasteiger partial charge < -0.3 is 10.6 Å². The van der Waals surface area contributed by atoms with Crippen LogP contribution in [0.4, 0.5) is 14.5 Å². The molecule has 128 valence electrons. The first-order chi connectivity index (χ1) is 10.9. The summed E-state index contributed by atoms with van der Waals surface area (Å²) in [5.41, 5.74) is 0.00611. The number of halogens is 2. The Morgan fingerprint density at radius 2 is 1.83 bits per heavy atom. The quantitative estimate of drug-likeness (QED) is 0.830. The Morgan fingerprint density at radius 3 is 2.48 bits per heavy atom. The topological polar surface area (TPSA) is 75.3 Å². The lowest BCUT2D eigenvalue weighted by atomic mass is 9.95. The number of benzene rings is 1. The van der Waals surface area contributed by atoms with Crippen LogP contribution in [-0.4, -0.2) is 32.7 Å². The van der Waals surface area contributed by atoms with Gasteiger partial charge >= 0.3 is 5.76 Å². The van der Waals surface area contributed by atoms with E-state index in [1.165, 1.54) is 24.6 Å². The van der Waals surface area contributed by atoms with Crippen LogP contribution in [0.25, 0.3) is 0 Å². The molecule has 2 rings (SSSR count). The summed E-state index contributed by atoms with van der Waals surface area (Å²) in [5, 5.41) is 5.51. The molecular formula is C15H20F2N2O3S. The molecule has 0 saturated heterocycles. The van der Waals surface area contributed by atoms with Crippen molar-refractivity contribution < 1.29 is 22.0 Å². The van der Waals surface area contributed by atoms with E-state index in [9.17, 15) is 22.0 Å². The van der Waals surface area contributed by atoms with Gasteiger partial charge in [-0.3, -0.25) is 4.79 Å². The standard InChI is InChI=1S/C15H20F2N2O3S/c16-15(17)23(21,22)13-9-5-4-8-12(13)18-10-14(20)19-11-6-2-1-3-7-11/h4-5,8-9,11,15,18H,1-3,6-7,10H2,(H,19,20). The third kappa shape index (κ3) is 4.63. The zero-order valence-corrected chi connectivity index (χ0v) is 13.4. The lowest BCUT2D eigenvalue weighted by molar-refractivity contribution is -0.120. The molecule has 1 aromatic rings. The largest absolute Gasteiger partial charge is 0.375 e. The summed E-state index contributed by atoms with van der Waals surface area (Å²) >= 11 is 0. The first-order valence-corrected chi connectivity index (χ1v) is 9.10. The Hall–Kier alpha value is -1.70. The van der Waals surface area contributed by atoms with Crippen molar-refractivity contribution >= 4 is 21.4 Å². The monoisotopic (exact) mass is 346 g/mol. The molecule has 0 aliphatic heterocycles. The van der Waals surface area contributed by atoms with E-state index in [-0.39, 0.29) is 24.2 Å². The molecule has 0 unspecified atom stereocenters. The summed E-state index contributed by atoms with van der Waals surface area (Å²) in [7, 11) is -4.71. The molecule has 0 radical (unpaired) electrons. The highest BCUT2D eigenvalue weighted by molar-refractivity contribution is 7.91. The molecule has 0 bridgehead atoms. The molecule has 0 aromatic heterocycles. The van der Waals surface area contributed by atoms with Crippen molar-refractivity contribution in [1.29, 1.82) is 0 Å². The fourth-order valence-corrected chi connectivity index (χ4v) is 3.56. The Morgan fingerprint density at radius 1 is 1.17 bits per heavy atom. The Bertz CT molecular complexity index is 644. The number of rotatable bonds is 6. The van der Waals surface area contributed by atoms with Crippen LogP contribution >= 0.6 is 0 Å². The number of alkyl halides is 2. The Kier molecular flexibility index (Phi) is 5.92. The fraction of sp³-hybridized carbons (Fsp3) is 0.533. The third-order valence-corrected chi connectivity index (χ3v) is 5.28. The highest BCUT2D eigenvalue weighted by Crippen LogP contribution is 2.25. The lowest BCUT2D eigenvalue weighted by Crippen LogP contribution is -2.39. The SMILES string of the molecule is O=C(CNc1ccccc1S(=O)(=O)C(F)F)NC1CCCCC1. The molecule has 1 aliphatic carbocycles. The van der Waals surface area contributed by atoms with Gasteiger partial charge in [0.05, 0.1) is 17.1 Å². The van der Waals surface area contributed by atoms with E-state index in [1.807, 2.05) is 0 Å². The van der Waals surface area contributed by atoms with Gasteiger partial charge in [-0.1, -0.05) is 31.4 Å². The second kappa shape index (κ2) is 7.72. The van der Waals surface area contributed by atoms with Crippen molar-refractivity contribution in [3.63, 3.8) is 0 Å². The van der Waals surface area contributed by atoms with E-state index < -0.39 is 20.5 Å². The van der Waals surface area contributed by atoms with Crippen molar-refractivity contribution in [2.24, 2.45) is 0 Å². The molecule has 23 heavy (non-hydrogen) atoms. The second-order valence-corrected chi connectivity index (χ2v) is 7.44. The molecule has 0 heterocycles. The van der Waals surface area contributed by atoms with Crippen LogP contribution in [0, 0.1) is 0 Å². The first kappa shape index (κ1) is 17.7. The van der Waals surface area contributed by atoms with Gasteiger partial charge in [-0.15, -0.1) is 0 Å². The summed E-state index contributed by atoms with van der Waals surface area (Å²) in [6.07, 6.45) is 5.19. The molecule has 1 saturated carbocycles. The summed E-state index contributed by atoms with van der Waals surface area (Å²) in [5.74, 6) is -3.78. The van der Waals surface area contributed by atoms with Crippen LogP contribution in [0.15, 0.2) is 29.2 Å². The number of anilines is 1. The van der Waals surface area contributed by atoms with Crippen LogP contribution in [0.2, 0.25) is 0 Å². The van der Waals surface area contributed by atoms with E-state index in [2.05, 4.69) is 10.6 Å². The van der Waals surface area contributed by atoms with Gasteiger partial charge in [-0.05, 0) is 25.0 Å². The number of sulfone groups is 1. The molecule has 1 aromatic carbocycles. The van der Waals surface area contributed by atoms with Crippen LogP contribution in [0.3, 0.4) is 0 Å². The maximum atomic E-state index is 12.7. The average molecular weight is 346 g/mol. The van der Waals surface area contributed by atoms with E-state index in [4.69, 9.17) is 0 Å². The molecule has 8 heteroatoms. The number of hydrogen-bond acceptors (Lipinski definition) is 4. The zero-order valence-electron chi connectivity index (χ0n) is 12.6. The van der Waals surface area contributed by atoms with Gasteiger partial charge in [0, 0.05) is 6.04 Å². The number of nitrogens with one attached hydrogen (secondary N) is 2. The summed E-state index contributed by atoms with van der Waals surface area (Å²) in [4.78, 5) is 11.4. The van der Waals surface area contributed by atoms with Crippen molar-refractivity contribution in [1.82, 2.24) is 5.32 Å². The van der Waals surface area contributed by atoms with Crippen LogP contribution < -0.4 is 10.6 Å². The van der Waals surface area contributed by atoms with Gasteiger partial charge in [0.1, 0.15) is 0 Å². The number of carbonyl (C=O) groups is 1. The number of hydrogen-bond donors (Lipinski definition) is 2. The second-order valence-electron chi connectivity index (χ2n) is 5.56. The predicted molar refractivity (Wildman–Crippen MR) is 83.1 cm³/mol. The average Bonchev–Trinajstić information content (AvgIpc) is 2.54. The maximum absolute atomic E-state index is 12.7. The Labute approximate surface area is 134 Å². The van der Waals surface area contributed by atoms with Crippen molar-refractivity contribution in [3.05, 3.63) is 24.3 Å². The van der Waals surface area contributed by atoms with Gasteiger partial charge in [-0.25, -0.2) is 8.42 Å². The van der Waals surface area contributed by atoms with Crippen molar-refractivity contribution in [3.8, 4) is 0 Å². The lowest BCUT2D eigenvalue weighted by Gasteiger charge is -2.23. The smallest absolute Gasteiger partial charge is 0.341 e. The molecule has 1 amide bonds. The molecule has 0 spiro atoms. The van der Waals surface area contributed by atoms with Crippen molar-refractivity contribution in [2.45, 2.75) is 48.8 Å². The van der Waals surface area contributed by atoms with Gasteiger partial charge in [0.2, 0.25) is 15.7 Å². The minimum Gasteiger partial charge on any atom is -0.375 e. The highest BCUT2D eigenvalue weighted by Gasteiger charge is 2.29. The van der Waals surface area contributed by atoms with E-state index >= 15 is 0 Å². The third-order valence-electron chi connectivity index (χ3n) is 3.84. The van der Waals surface area contributed by atoms with Gasteiger partial charge in [0.25, 0.3) is 0 Å². The zero-order chi connectivity index (χ0) is 16.9. The summed E-state index contributed by atoms with van der Waals surface area (Å²) in [6.45, 7) is -0.160. The van der Waals surface area contributed by atoms with Crippen LogP contribution in [0.5, 0.6) is 0 Å². The number of para-hydroxylation sites is 1. The van der Waals surface area contributed by atoms with Gasteiger partial charge in [0.15, 0.2) is 0 Å². The molecule has 2 N–H and O–H groups in total. The van der Waals surface area contributed by atoms with Crippen molar-refractivity contribution in [2.75, 3.05) is 11.9 Å².